The molecule has 0 aliphatic carbocycles. The van der Waals surface area contributed by atoms with Gasteiger partial charge in [-0.2, -0.15) is 5.26 Å². The van der Waals surface area contributed by atoms with Gasteiger partial charge in [0, 0.05) is 12.6 Å². The highest BCUT2D eigenvalue weighted by Gasteiger charge is 2.26. The maximum atomic E-state index is 12.0. The molecular weight excluding hydrogens is 230 g/mol. The van der Waals surface area contributed by atoms with Crippen molar-refractivity contribution in [3.8, 4) is 6.07 Å². The molecular formula is C13H23N3O2. The summed E-state index contributed by atoms with van der Waals surface area (Å²) in [5.74, 6) is -0.921. The first-order valence-corrected chi connectivity index (χ1v) is 6.43. The molecule has 0 rings (SSSR count). The Bertz CT molecular complexity index is 317. The third-order valence-corrected chi connectivity index (χ3v) is 2.73. The lowest BCUT2D eigenvalue weighted by atomic mass is 10.1. The maximum absolute atomic E-state index is 12.0. The molecule has 0 bridgehead atoms. The van der Waals surface area contributed by atoms with Gasteiger partial charge in [-0.25, -0.2) is 0 Å². The normalized spacial score (nSPS) is 10.3. The maximum Gasteiger partial charge on any atom is 0.312 e. The summed E-state index contributed by atoms with van der Waals surface area (Å²) in [5, 5.41) is 10.7. The minimum absolute atomic E-state index is 0.0766. The first kappa shape index (κ1) is 16.4. The molecule has 0 unspecified atom stereocenters. The Kier molecular flexibility index (Phi) is 7.77. The second kappa shape index (κ2) is 8.51. The molecule has 1 N–H and O–H groups in total. The van der Waals surface area contributed by atoms with Crippen LogP contribution in [0.25, 0.3) is 0 Å². The van der Waals surface area contributed by atoms with Crippen molar-refractivity contribution in [2.75, 3.05) is 13.1 Å². The van der Waals surface area contributed by atoms with E-state index >= 15 is 0 Å². The Morgan fingerprint density at radius 1 is 1.28 bits per heavy atom. The predicted octanol–water partition coefficient (Wildman–Crippen LogP) is 1.30. The molecule has 0 spiro atoms. The Morgan fingerprint density at radius 2 is 1.83 bits per heavy atom. The molecule has 5 nitrogen and oxygen atoms in total. The van der Waals surface area contributed by atoms with Crippen LogP contribution in [0, 0.1) is 17.2 Å². The number of carbonyl (C=O) groups excluding carboxylic acids is 2. The molecule has 2 amide bonds. The van der Waals surface area contributed by atoms with Gasteiger partial charge in [0.15, 0.2) is 0 Å². The molecule has 0 radical (unpaired) electrons. The molecule has 0 saturated carbocycles. The van der Waals surface area contributed by atoms with Crippen LogP contribution in [-0.4, -0.2) is 35.8 Å². The molecule has 0 aliphatic heterocycles. The summed E-state index contributed by atoms with van der Waals surface area (Å²) >= 11 is 0. The molecule has 0 aromatic rings. The number of nitrogens with one attached hydrogen (secondary N) is 1. The molecule has 18 heavy (non-hydrogen) atoms. The van der Waals surface area contributed by atoms with E-state index in [1.54, 1.807) is 11.0 Å². The number of nitrogens with zero attached hydrogens (tertiary/aromatic N) is 2. The quantitative estimate of drug-likeness (QED) is 0.573. The van der Waals surface area contributed by atoms with Crippen molar-refractivity contribution >= 4 is 11.8 Å². The number of hydrogen-bond acceptors (Lipinski definition) is 3. The Hall–Kier alpha value is -1.57. The van der Waals surface area contributed by atoms with Crippen LogP contribution in [0.1, 0.15) is 40.5 Å². The Balaban J connectivity index is 4.79. The lowest BCUT2D eigenvalue weighted by Crippen LogP contribution is -2.49. The molecule has 0 heterocycles. The van der Waals surface area contributed by atoms with Gasteiger partial charge in [-0.15, -0.1) is 0 Å². The fourth-order valence-electron chi connectivity index (χ4n) is 1.85. The summed E-state index contributed by atoms with van der Waals surface area (Å²) in [6.45, 7) is 8.45. The van der Waals surface area contributed by atoms with E-state index in [4.69, 9.17) is 5.26 Å². The third-order valence-electron chi connectivity index (χ3n) is 2.73. The summed E-state index contributed by atoms with van der Waals surface area (Å²) < 4.78 is 0. The standard InChI is InChI=1S/C13H23N3O2/c1-5-11(6-2)16(9-10(3)4)13(18)12(17)15-8-7-14/h10-11H,5-6,8-9H2,1-4H3,(H,15,17). The second-order valence-corrected chi connectivity index (χ2v) is 4.66. The summed E-state index contributed by atoms with van der Waals surface area (Å²) in [6.07, 6.45) is 1.64. The summed E-state index contributed by atoms with van der Waals surface area (Å²) in [5.41, 5.74) is 0. The summed E-state index contributed by atoms with van der Waals surface area (Å²) in [6, 6.07) is 1.86. The van der Waals surface area contributed by atoms with E-state index in [0.29, 0.717) is 12.5 Å². The zero-order valence-corrected chi connectivity index (χ0v) is 11.7. The van der Waals surface area contributed by atoms with Crippen LogP contribution >= 0.6 is 0 Å². The van der Waals surface area contributed by atoms with Gasteiger partial charge in [0.1, 0.15) is 6.54 Å². The lowest BCUT2D eigenvalue weighted by Gasteiger charge is -2.31. The summed E-state index contributed by atoms with van der Waals surface area (Å²) in [7, 11) is 0. The molecule has 0 aromatic carbocycles. The molecule has 102 valence electrons. The van der Waals surface area contributed by atoms with Crippen molar-refractivity contribution < 1.29 is 9.59 Å². The minimum Gasteiger partial charge on any atom is -0.335 e. The van der Waals surface area contributed by atoms with Crippen LogP contribution in [0.3, 0.4) is 0 Å². The number of carbonyl (C=O) groups is 2. The highest BCUT2D eigenvalue weighted by atomic mass is 16.2. The Labute approximate surface area is 109 Å². The van der Waals surface area contributed by atoms with Gasteiger partial charge in [0.05, 0.1) is 6.07 Å². The first-order valence-electron chi connectivity index (χ1n) is 6.43. The number of hydrogen-bond donors (Lipinski definition) is 1. The van der Waals surface area contributed by atoms with Crippen LogP contribution in [0.4, 0.5) is 0 Å². The van der Waals surface area contributed by atoms with E-state index in [1.807, 2.05) is 27.7 Å². The van der Waals surface area contributed by atoms with E-state index in [-0.39, 0.29) is 12.6 Å². The number of rotatable bonds is 6. The van der Waals surface area contributed by atoms with Gasteiger partial charge in [0.2, 0.25) is 0 Å². The highest BCUT2D eigenvalue weighted by Crippen LogP contribution is 2.11. The number of amides is 2. The zero-order chi connectivity index (χ0) is 14.1. The van der Waals surface area contributed by atoms with E-state index in [1.165, 1.54) is 0 Å². The van der Waals surface area contributed by atoms with Gasteiger partial charge in [0.25, 0.3) is 0 Å². The average Bonchev–Trinajstić information content (AvgIpc) is 2.34. The SMILES string of the molecule is CCC(CC)N(CC(C)C)C(=O)C(=O)NCC#N. The second-order valence-electron chi connectivity index (χ2n) is 4.66. The molecule has 0 aromatic heterocycles. The fourth-order valence-corrected chi connectivity index (χ4v) is 1.85. The van der Waals surface area contributed by atoms with Crippen LogP contribution in [-0.2, 0) is 9.59 Å². The molecule has 0 saturated heterocycles. The van der Waals surface area contributed by atoms with Crippen molar-refractivity contribution in [2.24, 2.45) is 5.92 Å². The van der Waals surface area contributed by atoms with Crippen LogP contribution in [0.2, 0.25) is 0 Å². The van der Waals surface area contributed by atoms with Crippen LogP contribution in [0.15, 0.2) is 0 Å². The molecule has 0 aliphatic rings. The Morgan fingerprint density at radius 3 is 2.22 bits per heavy atom. The van der Waals surface area contributed by atoms with Crippen molar-refractivity contribution in [1.29, 1.82) is 5.26 Å². The monoisotopic (exact) mass is 253 g/mol. The fraction of sp³-hybridized carbons (Fsp3) is 0.769. The van der Waals surface area contributed by atoms with E-state index < -0.39 is 11.8 Å². The van der Waals surface area contributed by atoms with Gasteiger partial charge in [-0.1, -0.05) is 27.7 Å². The molecule has 0 fully saturated rings. The summed E-state index contributed by atoms with van der Waals surface area (Å²) in [4.78, 5) is 25.3. The minimum atomic E-state index is -0.691. The highest BCUT2D eigenvalue weighted by molar-refractivity contribution is 6.35. The molecule has 5 heteroatoms. The average molecular weight is 253 g/mol. The van der Waals surface area contributed by atoms with Crippen molar-refractivity contribution in [3.63, 3.8) is 0 Å². The topological polar surface area (TPSA) is 73.2 Å². The smallest absolute Gasteiger partial charge is 0.312 e. The van der Waals surface area contributed by atoms with Gasteiger partial charge >= 0.3 is 11.8 Å². The number of nitriles is 1. The van der Waals surface area contributed by atoms with E-state index in [9.17, 15) is 9.59 Å². The predicted molar refractivity (Wildman–Crippen MR) is 69.5 cm³/mol. The van der Waals surface area contributed by atoms with Crippen molar-refractivity contribution in [2.45, 2.75) is 46.6 Å². The zero-order valence-electron chi connectivity index (χ0n) is 11.7. The lowest BCUT2D eigenvalue weighted by molar-refractivity contribution is -0.147. The first-order chi connectivity index (χ1) is 8.47. The van der Waals surface area contributed by atoms with Gasteiger partial charge in [-0.3, -0.25) is 9.59 Å². The van der Waals surface area contributed by atoms with Crippen LogP contribution in [0.5, 0.6) is 0 Å². The largest absolute Gasteiger partial charge is 0.335 e. The van der Waals surface area contributed by atoms with Crippen LogP contribution < -0.4 is 5.32 Å². The molecule has 0 atom stereocenters. The van der Waals surface area contributed by atoms with E-state index in [0.717, 1.165) is 12.8 Å². The van der Waals surface area contributed by atoms with Crippen molar-refractivity contribution in [3.05, 3.63) is 0 Å². The van der Waals surface area contributed by atoms with Gasteiger partial charge in [-0.05, 0) is 18.8 Å². The van der Waals surface area contributed by atoms with Gasteiger partial charge < -0.3 is 10.2 Å². The van der Waals surface area contributed by atoms with Crippen molar-refractivity contribution in [1.82, 2.24) is 10.2 Å². The third kappa shape index (κ3) is 5.17. The van der Waals surface area contributed by atoms with E-state index in [2.05, 4.69) is 5.32 Å².